The summed E-state index contributed by atoms with van der Waals surface area (Å²) in [6.07, 6.45) is 0. The van der Waals surface area contributed by atoms with E-state index in [-0.39, 0.29) is 0 Å². The van der Waals surface area contributed by atoms with Crippen LogP contribution in [0.2, 0.25) is 0 Å². The van der Waals surface area contributed by atoms with Crippen LogP contribution in [0.25, 0.3) is 0 Å². The van der Waals surface area contributed by atoms with Crippen LogP contribution in [0, 0.1) is 0 Å². The molecule has 0 aliphatic heterocycles. The van der Waals surface area contributed by atoms with Crippen LogP contribution in [0.5, 0.6) is 5.75 Å². The predicted octanol–water partition coefficient (Wildman–Crippen LogP) is 2.80. The van der Waals surface area contributed by atoms with Gasteiger partial charge in [0.15, 0.2) is 0 Å². The Labute approximate surface area is 118 Å². The van der Waals surface area contributed by atoms with Crippen LogP contribution >= 0.6 is 0 Å². The first-order valence-electron chi connectivity index (χ1n) is 6.54. The maximum Gasteiger partial charge on any atom is 0.248 e. The molecule has 0 fully saturated rings. The predicted molar refractivity (Wildman–Crippen MR) is 79.9 cm³/mol. The van der Waals surface area contributed by atoms with Crippen molar-refractivity contribution < 1.29 is 9.53 Å². The molecule has 20 heavy (non-hydrogen) atoms. The normalized spacial score (nSPS) is 10.1. The zero-order valence-corrected chi connectivity index (χ0v) is 11.4. The minimum atomic E-state index is -0.416. The topological polar surface area (TPSA) is 64.3 Å². The van der Waals surface area contributed by atoms with Gasteiger partial charge in [-0.3, -0.25) is 4.79 Å². The average molecular weight is 270 g/mol. The molecule has 2 aromatic carbocycles. The van der Waals surface area contributed by atoms with Crippen molar-refractivity contribution in [3.8, 4) is 5.75 Å². The molecule has 2 aromatic rings. The molecule has 0 heterocycles. The van der Waals surface area contributed by atoms with Crippen molar-refractivity contribution in [2.45, 2.75) is 13.5 Å². The van der Waals surface area contributed by atoms with Crippen LogP contribution in [0.15, 0.2) is 48.5 Å². The van der Waals surface area contributed by atoms with Crippen LogP contribution in [-0.2, 0) is 6.54 Å². The molecule has 0 aliphatic carbocycles. The van der Waals surface area contributed by atoms with Crippen molar-refractivity contribution in [1.82, 2.24) is 0 Å². The molecule has 4 nitrogen and oxygen atoms in total. The molecule has 0 saturated heterocycles. The summed E-state index contributed by atoms with van der Waals surface area (Å²) in [5, 5.41) is 3.29. The number of hydrogen-bond donors (Lipinski definition) is 2. The van der Waals surface area contributed by atoms with E-state index in [2.05, 4.69) is 5.32 Å². The summed E-state index contributed by atoms with van der Waals surface area (Å²) in [6, 6.07) is 15.1. The lowest BCUT2D eigenvalue weighted by Crippen LogP contribution is -2.10. The summed E-state index contributed by atoms with van der Waals surface area (Å²) in [5.41, 5.74) is 7.78. The molecule has 0 unspecified atom stereocenters. The third-order valence-corrected chi connectivity index (χ3v) is 2.88. The van der Waals surface area contributed by atoms with Gasteiger partial charge < -0.3 is 15.8 Å². The highest BCUT2D eigenvalue weighted by Gasteiger charge is 2.00. The van der Waals surface area contributed by atoms with Gasteiger partial charge in [-0.05, 0) is 48.9 Å². The molecule has 4 heteroatoms. The monoisotopic (exact) mass is 270 g/mol. The van der Waals surface area contributed by atoms with Gasteiger partial charge in [-0.15, -0.1) is 0 Å². The zero-order valence-electron chi connectivity index (χ0n) is 11.4. The summed E-state index contributed by atoms with van der Waals surface area (Å²) in [6.45, 7) is 3.31. The minimum absolute atomic E-state index is 0.416. The number of nitrogens with two attached hydrogens (primary N) is 1. The van der Waals surface area contributed by atoms with Crippen LogP contribution in [-0.4, -0.2) is 12.5 Å². The molecule has 2 rings (SSSR count). The fraction of sp³-hybridized carbons (Fsp3) is 0.188. The van der Waals surface area contributed by atoms with Gasteiger partial charge in [0.05, 0.1) is 6.61 Å². The molecule has 0 bridgehead atoms. The van der Waals surface area contributed by atoms with Gasteiger partial charge in [-0.1, -0.05) is 12.1 Å². The average Bonchev–Trinajstić information content (AvgIpc) is 2.46. The second kappa shape index (κ2) is 6.61. The first kappa shape index (κ1) is 13.9. The van der Waals surface area contributed by atoms with E-state index in [1.54, 1.807) is 12.1 Å². The first-order valence-corrected chi connectivity index (χ1v) is 6.54. The first-order chi connectivity index (χ1) is 9.69. The third kappa shape index (κ3) is 3.75. The van der Waals surface area contributed by atoms with E-state index in [0.717, 1.165) is 17.0 Å². The molecule has 0 atom stereocenters. The highest BCUT2D eigenvalue weighted by Crippen LogP contribution is 2.15. The third-order valence-electron chi connectivity index (χ3n) is 2.88. The lowest BCUT2D eigenvalue weighted by atomic mass is 10.2. The Morgan fingerprint density at radius 2 is 1.95 bits per heavy atom. The number of carbonyl (C=O) groups is 1. The van der Waals surface area contributed by atoms with Crippen LogP contribution < -0.4 is 15.8 Å². The van der Waals surface area contributed by atoms with E-state index >= 15 is 0 Å². The van der Waals surface area contributed by atoms with Crippen LogP contribution in [0.3, 0.4) is 0 Å². The molecular formula is C16H18N2O2. The number of rotatable bonds is 6. The van der Waals surface area contributed by atoms with Gasteiger partial charge in [0, 0.05) is 17.8 Å². The number of nitrogens with one attached hydrogen (secondary N) is 1. The van der Waals surface area contributed by atoms with E-state index in [9.17, 15) is 4.79 Å². The Morgan fingerprint density at radius 1 is 1.20 bits per heavy atom. The van der Waals surface area contributed by atoms with Gasteiger partial charge in [-0.2, -0.15) is 0 Å². The van der Waals surface area contributed by atoms with Gasteiger partial charge in [-0.25, -0.2) is 0 Å². The molecule has 0 aliphatic rings. The zero-order chi connectivity index (χ0) is 14.4. The molecule has 0 aromatic heterocycles. The number of benzene rings is 2. The Morgan fingerprint density at radius 3 is 2.60 bits per heavy atom. The largest absolute Gasteiger partial charge is 0.494 e. The van der Waals surface area contributed by atoms with Crippen molar-refractivity contribution in [2.24, 2.45) is 5.73 Å². The van der Waals surface area contributed by atoms with E-state index < -0.39 is 5.91 Å². The fourth-order valence-electron chi connectivity index (χ4n) is 1.87. The van der Waals surface area contributed by atoms with Crippen molar-refractivity contribution >= 4 is 11.6 Å². The summed E-state index contributed by atoms with van der Waals surface area (Å²) in [5.74, 6) is 0.455. The maximum atomic E-state index is 11.0. The number of amides is 1. The van der Waals surface area contributed by atoms with Crippen molar-refractivity contribution in [3.05, 3.63) is 59.7 Å². The van der Waals surface area contributed by atoms with Gasteiger partial charge in [0.25, 0.3) is 0 Å². The van der Waals surface area contributed by atoms with Gasteiger partial charge >= 0.3 is 0 Å². The number of hydrogen-bond acceptors (Lipinski definition) is 3. The second-order valence-electron chi connectivity index (χ2n) is 4.38. The second-order valence-corrected chi connectivity index (χ2v) is 4.38. The smallest absolute Gasteiger partial charge is 0.248 e. The highest BCUT2D eigenvalue weighted by molar-refractivity contribution is 5.93. The fourth-order valence-corrected chi connectivity index (χ4v) is 1.87. The Bertz CT molecular complexity index is 579. The highest BCUT2D eigenvalue weighted by atomic mass is 16.5. The number of primary amides is 1. The number of ether oxygens (including phenoxy) is 1. The number of carbonyl (C=O) groups excluding carboxylic acids is 1. The molecule has 104 valence electrons. The SMILES string of the molecule is CCOc1cccc(CNc2ccc(C(N)=O)cc2)c1. The quantitative estimate of drug-likeness (QED) is 0.848. The molecule has 0 radical (unpaired) electrons. The molecular weight excluding hydrogens is 252 g/mol. The van der Waals surface area contributed by atoms with Crippen molar-refractivity contribution in [2.75, 3.05) is 11.9 Å². The molecule has 0 spiro atoms. The summed E-state index contributed by atoms with van der Waals surface area (Å²) in [4.78, 5) is 11.0. The standard InChI is InChI=1S/C16H18N2O2/c1-2-20-15-5-3-4-12(10-15)11-18-14-8-6-13(7-9-14)16(17)19/h3-10,18H,2,11H2,1H3,(H2,17,19). The lowest BCUT2D eigenvalue weighted by molar-refractivity contribution is 0.100. The Balaban J connectivity index is 1.97. The Hall–Kier alpha value is -2.49. The lowest BCUT2D eigenvalue weighted by Gasteiger charge is -2.09. The summed E-state index contributed by atoms with van der Waals surface area (Å²) in [7, 11) is 0. The molecule has 0 saturated carbocycles. The van der Waals surface area contributed by atoms with Crippen molar-refractivity contribution in [3.63, 3.8) is 0 Å². The molecule has 1 amide bonds. The van der Waals surface area contributed by atoms with E-state index in [0.29, 0.717) is 18.7 Å². The van der Waals surface area contributed by atoms with Gasteiger partial charge in [0.1, 0.15) is 5.75 Å². The minimum Gasteiger partial charge on any atom is -0.494 e. The van der Waals surface area contributed by atoms with E-state index in [1.165, 1.54) is 0 Å². The van der Waals surface area contributed by atoms with Crippen LogP contribution in [0.4, 0.5) is 5.69 Å². The summed E-state index contributed by atoms with van der Waals surface area (Å²) < 4.78 is 5.46. The van der Waals surface area contributed by atoms with Gasteiger partial charge in [0.2, 0.25) is 5.91 Å². The van der Waals surface area contributed by atoms with E-state index in [1.807, 2.05) is 43.3 Å². The maximum absolute atomic E-state index is 11.0. The summed E-state index contributed by atoms with van der Waals surface area (Å²) >= 11 is 0. The molecule has 3 N–H and O–H groups in total. The Kier molecular flexibility index (Phi) is 4.60. The van der Waals surface area contributed by atoms with E-state index in [4.69, 9.17) is 10.5 Å². The number of anilines is 1. The van der Waals surface area contributed by atoms with Crippen molar-refractivity contribution in [1.29, 1.82) is 0 Å². The van der Waals surface area contributed by atoms with Crippen LogP contribution in [0.1, 0.15) is 22.8 Å².